The Morgan fingerprint density at radius 1 is 1.50 bits per heavy atom. The molecule has 0 saturated heterocycles. The largest absolute Gasteiger partial charge is 0.365 e. The van der Waals surface area contributed by atoms with Gasteiger partial charge in [-0.3, -0.25) is 0 Å². The molecule has 4 nitrogen and oxygen atoms in total. The second-order valence-corrected chi connectivity index (χ2v) is 3.51. The highest BCUT2D eigenvalue weighted by molar-refractivity contribution is 5.13. The minimum Gasteiger partial charge on any atom is -0.365 e. The van der Waals surface area contributed by atoms with Crippen LogP contribution < -0.4 is 5.73 Å². The van der Waals surface area contributed by atoms with Gasteiger partial charge in [0, 0.05) is 5.92 Å². The van der Waals surface area contributed by atoms with E-state index in [1.807, 2.05) is 0 Å². The van der Waals surface area contributed by atoms with Gasteiger partial charge in [0.1, 0.15) is 0 Å². The average Bonchev–Trinajstić information content (AvgIpc) is 2.58. The lowest BCUT2D eigenvalue weighted by molar-refractivity contribution is 0.331. The van der Waals surface area contributed by atoms with Crippen LogP contribution in [0.5, 0.6) is 0 Å². The molecule has 1 aromatic rings. The topological polar surface area (TPSA) is 64.9 Å². The summed E-state index contributed by atoms with van der Waals surface area (Å²) in [6.45, 7) is 2.22. The fourth-order valence-electron chi connectivity index (χ4n) is 1.91. The van der Waals surface area contributed by atoms with Gasteiger partial charge in [0.15, 0.2) is 0 Å². The van der Waals surface area contributed by atoms with Gasteiger partial charge in [0.25, 0.3) is 5.95 Å². The van der Waals surface area contributed by atoms with Crippen LogP contribution in [-0.4, -0.2) is 10.1 Å². The molecule has 0 radical (unpaired) electrons. The van der Waals surface area contributed by atoms with Crippen LogP contribution in [0.15, 0.2) is 4.52 Å². The maximum absolute atomic E-state index is 5.38. The SMILES string of the molecule is CC1CCCC1c1nc(N)no1. The molecule has 4 heteroatoms. The van der Waals surface area contributed by atoms with E-state index in [0.29, 0.717) is 11.8 Å². The molecule has 0 spiro atoms. The molecule has 1 aromatic heterocycles. The van der Waals surface area contributed by atoms with Crippen molar-refractivity contribution in [3.63, 3.8) is 0 Å². The lowest BCUT2D eigenvalue weighted by Gasteiger charge is -2.08. The Kier molecular flexibility index (Phi) is 1.75. The highest BCUT2D eigenvalue weighted by Crippen LogP contribution is 2.38. The zero-order chi connectivity index (χ0) is 8.55. The van der Waals surface area contributed by atoms with E-state index in [1.54, 1.807) is 0 Å². The second-order valence-electron chi connectivity index (χ2n) is 3.51. The van der Waals surface area contributed by atoms with E-state index in [9.17, 15) is 0 Å². The Labute approximate surface area is 71.1 Å². The number of rotatable bonds is 1. The lowest BCUT2D eigenvalue weighted by atomic mass is 9.98. The van der Waals surface area contributed by atoms with Gasteiger partial charge in [0.2, 0.25) is 5.89 Å². The fraction of sp³-hybridized carbons (Fsp3) is 0.750. The molecular formula is C8H13N3O. The summed E-state index contributed by atoms with van der Waals surface area (Å²) in [5.74, 6) is 2.07. The first kappa shape index (κ1) is 7.58. The van der Waals surface area contributed by atoms with Gasteiger partial charge in [-0.2, -0.15) is 4.98 Å². The van der Waals surface area contributed by atoms with E-state index < -0.39 is 0 Å². The quantitative estimate of drug-likeness (QED) is 0.689. The highest BCUT2D eigenvalue weighted by Gasteiger charge is 2.29. The Balaban J connectivity index is 2.19. The standard InChI is InChI=1S/C8H13N3O/c1-5-3-2-4-6(5)7-10-8(9)11-12-7/h5-6H,2-4H2,1H3,(H2,9,11). The van der Waals surface area contributed by atoms with E-state index in [0.717, 1.165) is 12.3 Å². The normalized spacial score (nSPS) is 29.4. The van der Waals surface area contributed by atoms with Crippen LogP contribution in [0.25, 0.3) is 0 Å². The van der Waals surface area contributed by atoms with Crippen LogP contribution in [0.1, 0.15) is 38.0 Å². The Bertz CT molecular complexity index is 271. The Morgan fingerprint density at radius 3 is 2.83 bits per heavy atom. The highest BCUT2D eigenvalue weighted by atomic mass is 16.5. The van der Waals surface area contributed by atoms with Crippen LogP contribution in [-0.2, 0) is 0 Å². The van der Waals surface area contributed by atoms with E-state index in [1.165, 1.54) is 12.8 Å². The van der Waals surface area contributed by atoms with Crippen molar-refractivity contribution in [2.75, 3.05) is 5.73 Å². The molecule has 66 valence electrons. The molecule has 2 atom stereocenters. The first-order chi connectivity index (χ1) is 5.77. The minimum atomic E-state index is 0.254. The molecule has 1 fully saturated rings. The molecule has 0 aliphatic heterocycles. The van der Waals surface area contributed by atoms with Crippen LogP contribution in [0, 0.1) is 5.92 Å². The molecule has 1 saturated carbocycles. The number of aromatic nitrogens is 2. The Hall–Kier alpha value is -1.06. The molecule has 2 N–H and O–H groups in total. The third-order valence-corrected chi connectivity index (χ3v) is 2.64. The van der Waals surface area contributed by atoms with Crippen molar-refractivity contribution >= 4 is 5.95 Å². The molecule has 2 rings (SSSR count). The fourth-order valence-corrected chi connectivity index (χ4v) is 1.91. The van der Waals surface area contributed by atoms with Gasteiger partial charge in [0.05, 0.1) is 0 Å². The number of nitrogens with two attached hydrogens (primary N) is 1. The molecule has 0 aromatic carbocycles. The van der Waals surface area contributed by atoms with Crippen LogP contribution in [0.3, 0.4) is 0 Å². The van der Waals surface area contributed by atoms with Gasteiger partial charge in [-0.1, -0.05) is 13.3 Å². The van der Waals surface area contributed by atoms with Crippen molar-refractivity contribution in [2.45, 2.75) is 32.1 Å². The number of nitrogens with zero attached hydrogens (tertiary/aromatic N) is 2. The van der Waals surface area contributed by atoms with E-state index >= 15 is 0 Å². The molecule has 0 bridgehead atoms. The first-order valence-corrected chi connectivity index (χ1v) is 4.36. The van der Waals surface area contributed by atoms with Gasteiger partial charge in [-0.15, -0.1) is 0 Å². The molecule has 2 unspecified atom stereocenters. The molecule has 1 aliphatic carbocycles. The monoisotopic (exact) mass is 167 g/mol. The third kappa shape index (κ3) is 1.17. The number of hydrogen-bond donors (Lipinski definition) is 1. The number of nitrogen functional groups attached to an aromatic ring is 1. The first-order valence-electron chi connectivity index (χ1n) is 4.36. The summed E-state index contributed by atoms with van der Waals surface area (Å²) in [4.78, 5) is 4.04. The number of anilines is 1. The van der Waals surface area contributed by atoms with E-state index in [2.05, 4.69) is 17.1 Å². The third-order valence-electron chi connectivity index (χ3n) is 2.64. The smallest absolute Gasteiger partial charge is 0.260 e. The van der Waals surface area contributed by atoms with Crippen LogP contribution >= 0.6 is 0 Å². The van der Waals surface area contributed by atoms with Crippen molar-refractivity contribution < 1.29 is 4.52 Å². The second kappa shape index (κ2) is 2.77. The Morgan fingerprint density at radius 2 is 2.33 bits per heavy atom. The van der Waals surface area contributed by atoms with Crippen LogP contribution in [0.4, 0.5) is 5.95 Å². The molecule has 12 heavy (non-hydrogen) atoms. The maximum Gasteiger partial charge on any atom is 0.260 e. The van der Waals surface area contributed by atoms with Crippen molar-refractivity contribution in [1.82, 2.24) is 10.1 Å². The molecule has 0 amide bonds. The van der Waals surface area contributed by atoms with Gasteiger partial charge < -0.3 is 10.3 Å². The summed E-state index contributed by atoms with van der Waals surface area (Å²) in [7, 11) is 0. The van der Waals surface area contributed by atoms with Gasteiger partial charge in [-0.05, 0) is 23.9 Å². The van der Waals surface area contributed by atoms with Gasteiger partial charge in [-0.25, -0.2) is 0 Å². The summed E-state index contributed by atoms with van der Waals surface area (Å²) in [5, 5.41) is 3.59. The van der Waals surface area contributed by atoms with Crippen LogP contribution in [0.2, 0.25) is 0 Å². The predicted octanol–water partition coefficient (Wildman–Crippen LogP) is 1.56. The van der Waals surface area contributed by atoms with Crippen molar-refractivity contribution in [3.05, 3.63) is 5.89 Å². The summed E-state index contributed by atoms with van der Waals surface area (Å²) in [6.07, 6.45) is 3.67. The summed E-state index contributed by atoms with van der Waals surface area (Å²) in [5.41, 5.74) is 5.38. The summed E-state index contributed by atoms with van der Waals surface area (Å²) in [6, 6.07) is 0. The molecular weight excluding hydrogens is 154 g/mol. The van der Waals surface area contributed by atoms with Crippen molar-refractivity contribution in [2.24, 2.45) is 5.92 Å². The lowest BCUT2D eigenvalue weighted by Crippen LogP contribution is -2.02. The average molecular weight is 167 g/mol. The predicted molar refractivity (Wildman–Crippen MR) is 44.5 cm³/mol. The van der Waals surface area contributed by atoms with Crippen molar-refractivity contribution in [3.8, 4) is 0 Å². The van der Waals surface area contributed by atoms with Gasteiger partial charge >= 0.3 is 0 Å². The molecule has 1 aliphatic rings. The zero-order valence-corrected chi connectivity index (χ0v) is 7.16. The van der Waals surface area contributed by atoms with E-state index in [4.69, 9.17) is 10.3 Å². The molecule has 1 heterocycles. The van der Waals surface area contributed by atoms with Crippen molar-refractivity contribution in [1.29, 1.82) is 0 Å². The summed E-state index contributed by atoms with van der Waals surface area (Å²) < 4.78 is 5.03. The summed E-state index contributed by atoms with van der Waals surface area (Å²) >= 11 is 0. The maximum atomic E-state index is 5.38. The minimum absolute atomic E-state index is 0.254. The zero-order valence-electron chi connectivity index (χ0n) is 7.16. The van der Waals surface area contributed by atoms with E-state index in [-0.39, 0.29) is 5.95 Å². The number of hydrogen-bond acceptors (Lipinski definition) is 4.